The molecule has 1 aromatic rings. The van der Waals surface area contributed by atoms with Gasteiger partial charge in [0, 0.05) is 35.4 Å². The van der Waals surface area contributed by atoms with Crippen molar-refractivity contribution in [2.75, 3.05) is 24.6 Å². The van der Waals surface area contributed by atoms with E-state index in [1.165, 1.54) is 0 Å². The zero-order valence-corrected chi connectivity index (χ0v) is 12.1. The monoisotopic (exact) mass is 311 g/mol. The molecule has 0 saturated carbocycles. The molecular formula is C14H18BrNO2. The van der Waals surface area contributed by atoms with Crippen LogP contribution in [0.15, 0.2) is 22.7 Å². The van der Waals surface area contributed by atoms with Gasteiger partial charge in [-0.05, 0) is 43.9 Å². The van der Waals surface area contributed by atoms with Gasteiger partial charge in [-0.25, -0.2) is 0 Å². The highest BCUT2D eigenvalue weighted by Gasteiger charge is 2.24. The third-order valence-corrected chi connectivity index (χ3v) is 4.00. The molecule has 1 saturated heterocycles. The van der Waals surface area contributed by atoms with Crippen LogP contribution in [0.2, 0.25) is 0 Å². The van der Waals surface area contributed by atoms with Crippen molar-refractivity contribution in [2.24, 2.45) is 5.92 Å². The molecule has 1 aromatic carbocycles. The number of benzene rings is 1. The lowest BCUT2D eigenvalue weighted by molar-refractivity contribution is 0.101. The van der Waals surface area contributed by atoms with Crippen molar-refractivity contribution >= 4 is 27.4 Å². The first-order chi connectivity index (χ1) is 8.61. The van der Waals surface area contributed by atoms with Crippen molar-refractivity contribution in [3.8, 4) is 0 Å². The van der Waals surface area contributed by atoms with Crippen molar-refractivity contribution in [1.82, 2.24) is 0 Å². The molecule has 0 aliphatic carbocycles. The second-order valence-electron chi connectivity index (χ2n) is 4.83. The van der Waals surface area contributed by atoms with Crippen LogP contribution in [0.5, 0.6) is 0 Å². The Balaban J connectivity index is 2.21. The van der Waals surface area contributed by atoms with Gasteiger partial charge in [-0.2, -0.15) is 0 Å². The molecule has 1 N–H and O–H groups in total. The van der Waals surface area contributed by atoms with Crippen LogP contribution in [0.1, 0.15) is 30.1 Å². The molecule has 1 aliphatic rings. The lowest BCUT2D eigenvalue weighted by Crippen LogP contribution is -2.22. The predicted molar refractivity (Wildman–Crippen MR) is 76.2 cm³/mol. The normalized spacial score (nSPS) is 19.3. The second kappa shape index (κ2) is 5.85. The van der Waals surface area contributed by atoms with Crippen LogP contribution in [0.25, 0.3) is 0 Å². The molecule has 1 unspecified atom stereocenters. The molecule has 0 amide bonds. The van der Waals surface area contributed by atoms with E-state index >= 15 is 0 Å². The van der Waals surface area contributed by atoms with Crippen molar-refractivity contribution in [3.63, 3.8) is 0 Å². The fourth-order valence-electron chi connectivity index (χ4n) is 2.54. The van der Waals surface area contributed by atoms with Crippen molar-refractivity contribution in [1.29, 1.82) is 0 Å². The summed E-state index contributed by atoms with van der Waals surface area (Å²) >= 11 is 3.41. The minimum Gasteiger partial charge on any atom is -0.396 e. The number of hydrogen-bond donors (Lipinski definition) is 1. The van der Waals surface area contributed by atoms with E-state index in [2.05, 4.69) is 20.8 Å². The second-order valence-corrected chi connectivity index (χ2v) is 5.75. The van der Waals surface area contributed by atoms with E-state index in [0.717, 1.165) is 41.7 Å². The molecule has 1 fully saturated rings. The molecule has 18 heavy (non-hydrogen) atoms. The number of rotatable bonds is 4. The molecule has 1 aliphatic heterocycles. The number of carbonyl (C=O) groups is 1. The fraction of sp³-hybridized carbons (Fsp3) is 0.500. The molecule has 0 radical (unpaired) electrons. The molecule has 0 aromatic heterocycles. The SMILES string of the molecule is CC(=O)c1cc(Br)ccc1N1CCC(CCO)C1. The Labute approximate surface area is 116 Å². The molecule has 98 valence electrons. The highest BCUT2D eigenvalue weighted by molar-refractivity contribution is 9.10. The fourth-order valence-corrected chi connectivity index (χ4v) is 2.90. The summed E-state index contributed by atoms with van der Waals surface area (Å²) in [4.78, 5) is 13.9. The van der Waals surface area contributed by atoms with E-state index in [-0.39, 0.29) is 12.4 Å². The van der Waals surface area contributed by atoms with Crippen LogP contribution in [0.4, 0.5) is 5.69 Å². The summed E-state index contributed by atoms with van der Waals surface area (Å²) < 4.78 is 0.933. The number of carbonyl (C=O) groups excluding carboxylic acids is 1. The van der Waals surface area contributed by atoms with E-state index in [4.69, 9.17) is 5.11 Å². The van der Waals surface area contributed by atoms with E-state index in [1.807, 2.05) is 18.2 Å². The molecule has 4 heteroatoms. The number of aliphatic hydroxyl groups excluding tert-OH is 1. The van der Waals surface area contributed by atoms with Gasteiger partial charge in [0.15, 0.2) is 5.78 Å². The molecular weight excluding hydrogens is 294 g/mol. The largest absolute Gasteiger partial charge is 0.396 e. The van der Waals surface area contributed by atoms with Gasteiger partial charge in [-0.1, -0.05) is 15.9 Å². The number of hydrogen-bond acceptors (Lipinski definition) is 3. The first-order valence-electron chi connectivity index (χ1n) is 6.28. The van der Waals surface area contributed by atoms with E-state index in [1.54, 1.807) is 6.92 Å². The maximum Gasteiger partial charge on any atom is 0.161 e. The Kier molecular flexibility index (Phi) is 4.40. The van der Waals surface area contributed by atoms with Crippen LogP contribution in [0, 0.1) is 5.92 Å². The standard InChI is InChI=1S/C14H18BrNO2/c1-10(18)13-8-12(15)2-3-14(13)16-6-4-11(9-16)5-7-17/h2-3,8,11,17H,4-7,9H2,1H3. The number of aliphatic hydroxyl groups is 1. The molecule has 2 rings (SSSR count). The van der Waals surface area contributed by atoms with Gasteiger partial charge in [0.05, 0.1) is 0 Å². The number of halogens is 1. The Bertz CT molecular complexity index is 447. The smallest absolute Gasteiger partial charge is 0.161 e. The Hall–Kier alpha value is -0.870. The summed E-state index contributed by atoms with van der Waals surface area (Å²) in [6.45, 7) is 3.75. The third kappa shape index (κ3) is 2.93. The molecule has 0 spiro atoms. The summed E-state index contributed by atoms with van der Waals surface area (Å²) in [6.07, 6.45) is 1.94. The molecule has 1 atom stereocenters. The first kappa shape index (κ1) is 13.6. The van der Waals surface area contributed by atoms with Gasteiger partial charge in [-0.15, -0.1) is 0 Å². The number of nitrogens with zero attached hydrogens (tertiary/aromatic N) is 1. The summed E-state index contributed by atoms with van der Waals surface area (Å²) in [5.41, 5.74) is 1.79. The maximum atomic E-state index is 11.7. The highest BCUT2D eigenvalue weighted by atomic mass is 79.9. The van der Waals surface area contributed by atoms with E-state index < -0.39 is 0 Å². The Morgan fingerprint density at radius 2 is 2.33 bits per heavy atom. The maximum absolute atomic E-state index is 11.7. The Morgan fingerprint density at radius 1 is 1.56 bits per heavy atom. The summed E-state index contributed by atoms with van der Waals surface area (Å²) in [7, 11) is 0. The van der Waals surface area contributed by atoms with Crippen molar-refractivity contribution < 1.29 is 9.90 Å². The molecule has 1 heterocycles. The summed E-state index contributed by atoms with van der Waals surface area (Å²) in [5.74, 6) is 0.635. The number of Topliss-reactive ketones (excluding diaryl/α,β-unsaturated/α-hetero) is 1. The molecule has 0 bridgehead atoms. The molecule has 3 nitrogen and oxygen atoms in total. The van der Waals surface area contributed by atoms with Crippen LogP contribution < -0.4 is 4.90 Å². The van der Waals surface area contributed by atoms with Gasteiger partial charge in [0.2, 0.25) is 0 Å². The van der Waals surface area contributed by atoms with Gasteiger partial charge in [-0.3, -0.25) is 4.79 Å². The number of anilines is 1. The van der Waals surface area contributed by atoms with E-state index in [9.17, 15) is 4.79 Å². The van der Waals surface area contributed by atoms with Crippen molar-refractivity contribution in [2.45, 2.75) is 19.8 Å². The van der Waals surface area contributed by atoms with Gasteiger partial charge in [0.25, 0.3) is 0 Å². The van der Waals surface area contributed by atoms with Gasteiger partial charge < -0.3 is 10.0 Å². The third-order valence-electron chi connectivity index (χ3n) is 3.50. The van der Waals surface area contributed by atoms with Gasteiger partial charge in [0.1, 0.15) is 0 Å². The number of ketones is 1. The summed E-state index contributed by atoms with van der Waals surface area (Å²) in [6, 6.07) is 5.86. The average molecular weight is 312 g/mol. The Morgan fingerprint density at radius 3 is 3.00 bits per heavy atom. The minimum atomic E-state index is 0.0944. The lowest BCUT2D eigenvalue weighted by Gasteiger charge is -2.21. The predicted octanol–water partition coefficient (Wildman–Crippen LogP) is 2.86. The topological polar surface area (TPSA) is 40.5 Å². The zero-order valence-electron chi connectivity index (χ0n) is 10.5. The quantitative estimate of drug-likeness (QED) is 0.869. The van der Waals surface area contributed by atoms with E-state index in [0.29, 0.717) is 5.92 Å². The highest BCUT2D eigenvalue weighted by Crippen LogP contribution is 2.30. The van der Waals surface area contributed by atoms with Crippen LogP contribution >= 0.6 is 15.9 Å². The average Bonchev–Trinajstić information content (AvgIpc) is 2.78. The summed E-state index contributed by atoms with van der Waals surface area (Å²) in [5, 5.41) is 8.98. The van der Waals surface area contributed by atoms with Crippen LogP contribution in [-0.2, 0) is 0 Å². The van der Waals surface area contributed by atoms with Crippen molar-refractivity contribution in [3.05, 3.63) is 28.2 Å². The van der Waals surface area contributed by atoms with Crippen LogP contribution in [0.3, 0.4) is 0 Å². The van der Waals surface area contributed by atoms with Crippen LogP contribution in [-0.4, -0.2) is 30.6 Å². The van der Waals surface area contributed by atoms with Gasteiger partial charge >= 0.3 is 0 Å². The first-order valence-corrected chi connectivity index (χ1v) is 7.07. The lowest BCUT2D eigenvalue weighted by atomic mass is 10.1. The minimum absolute atomic E-state index is 0.0944. The zero-order chi connectivity index (χ0) is 13.1.